The number of nitrogens with zero attached hydrogens (tertiary/aromatic N) is 1. The summed E-state index contributed by atoms with van der Waals surface area (Å²) in [5, 5.41) is 8.65. The van der Waals surface area contributed by atoms with Crippen LogP contribution in [0.2, 0.25) is 0 Å². The molecule has 0 unspecified atom stereocenters. The maximum Gasteiger partial charge on any atom is 0.370 e. The number of carboxylic acid groups (broad SMARTS) is 1. The minimum absolute atomic E-state index is 0.0648. The molecule has 80 valence electrons. The van der Waals surface area contributed by atoms with Crippen molar-refractivity contribution in [1.82, 2.24) is 0 Å². The van der Waals surface area contributed by atoms with Gasteiger partial charge in [0.2, 0.25) is 6.54 Å². The van der Waals surface area contributed by atoms with Gasteiger partial charge < -0.3 is 5.11 Å². The Balaban J connectivity index is 3.11. The van der Waals surface area contributed by atoms with Crippen molar-refractivity contribution in [3.05, 3.63) is 24.0 Å². The van der Waals surface area contributed by atoms with E-state index in [0.29, 0.717) is 5.56 Å². The summed E-state index contributed by atoms with van der Waals surface area (Å²) in [6.07, 6.45) is 5.14. The number of hydrogen-bond acceptors (Lipinski definition) is 3. The van der Waals surface area contributed by atoms with E-state index in [1.54, 1.807) is 18.5 Å². The first kappa shape index (κ1) is 11.7. The first-order valence-corrected chi connectivity index (χ1v) is 5.56. The molecule has 1 aromatic rings. The van der Waals surface area contributed by atoms with Gasteiger partial charge in [-0.25, -0.2) is 4.79 Å². The molecule has 1 aromatic heterocycles. The number of thioether (sulfide) groups is 1. The standard InChI is InChI=1S/C10H11NO3S/c1-7(12)8-3-9(15-2)5-11(4-8)6-10(13)14/h3-5H,6H2,1-2H3/p+1. The molecule has 0 radical (unpaired) electrons. The monoisotopic (exact) mass is 226 g/mol. The van der Waals surface area contributed by atoms with Gasteiger partial charge in [-0.3, -0.25) is 4.79 Å². The van der Waals surface area contributed by atoms with Crippen molar-refractivity contribution in [3.63, 3.8) is 0 Å². The van der Waals surface area contributed by atoms with Crippen LogP contribution >= 0.6 is 11.8 Å². The highest BCUT2D eigenvalue weighted by molar-refractivity contribution is 7.98. The molecule has 0 aliphatic rings. The molecule has 1 rings (SSSR count). The Labute approximate surface area is 91.9 Å². The van der Waals surface area contributed by atoms with E-state index in [1.807, 2.05) is 6.26 Å². The molecule has 0 aliphatic carbocycles. The van der Waals surface area contributed by atoms with E-state index in [0.717, 1.165) is 4.90 Å². The number of carboxylic acids is 1. The predicted molar refractivity (Wildman–Crippen MR) is 56.1 cm³/mol. The number of aliphatic carboxylic acids is 1. The second kappa shape index (κ2) is 4.93. The first-order chi connectivity index (χ1) is 7.02. The molecule has 1 N–H and O–H groups in total. The van der Waals surface area contributed by atoms with Crippen LogP contribution in [-0.2, 0) is 11.3 Å². The minimum atomic E-state index is -0.923. The van der Waals surface area contributed by atoms with Crippen molar-refractivity contribution in [2.24, 2.45) is 0 Å². The molecule has 0 fully saturated rings. The summed E-state index contributed by atoms with van der Waals surface area (Å²) in [6.45, 7) is 1.33. The van der Waals surface area contributed by atoms with Gasteiger partial charge >= 0.3 is 5.97 Å². The van der Waals surface area contributed by atoms with E-state index in [9.17, 15) is 9.59 Å². The van der Waals surface area contributed by atoms with Crippen molar-refractivity contribution in [1.29, 1.82) is 0 Å². The van der Waals surface area contributed by atoms with Crippen LogP contribution in [0.1, 0.15) is 17.3 Å². The lowest BCUT2D eigenvalue weighted by atomic mass is 10.2. The number of rotatable bonds is 4. The summed E-state index contributed by atoms with van der Waals surface area (Å²) in [6, 6.07) is 1.76. The third-order valence-corrected chi connectivity index (χ3v) is 2.55. The molecule has 5 heteroatoms. The molecule has 0 saturated heterocycles. The first-order valence-electron chi connectivity index (χ1n) is 4.34. The molecule has 0 amide bonds. The van der Waals surface area contributed by atoms with Gasteiger partial charge in [0.25, 0.3) is 0 Å². The zero-order chi connectivity index (χ0) is 11.4. The van der Waals surface area contributed by atoms with E-state index >= 15 is 0 Å². The van der Waals surface area contributed by atoms with Crippen LogP contribution in [-0.4, -0.2) is 23.1 Å². The second-order valence-corrected chi connectivity index (χ2v) is 3.97. The average Bonchev–Trinajstić information content (AvgIpc) is 2.16. The number of aromatic nitrogens is 1. The van der Waals surface area contributed by atoms with Crippen molar-refractivity contribution in [2.45, 2.75) is 18.4 Å². The van der Waals surface area contributed by atoms with Gasteiger partial charge in [0.15, 0.2) is 18.2 Å². The van der Waals surface area contributed by atoms with Crippen LogP contribution in [0.5, 0.6) is 0 Å². The third kappa shape index (κ3) is 3.36. The van der Waals surface area contributed by atoms with Crippen molar-refractivity contribution in [2.75, 3.05) is 6.26 Å². The molecular weight excluding hydrogens is 214 g/mol. The minimum Gasteiger partial charge on any atom is -0.477 e. The normalized spacial score (nSPS) is 10.0. The molecule has 0 bridgehead atoms. The highest BCUT2D eigenvalue weighted by Crippen LogP contribution is 2.13. The number of ketones is 1. The fourth-order valence-corrected chi connectivity index (χ4v) is 1.64. The van der Waals surface area contributed by atoms with Crippen LogP contribution < -0.4 is 4.57 Å². The lowest BCUT2D eigenvalue weighted by molar-refractivity contribution is -0.687. The fraction of sp³-hybridized carbons (Fsp3) is 0.300. The summed E-state index contributed by atoms with van der Waals surface area (Å²) in [5.74, 6) is -0.988. The number of pyridine rings is 1. The van der Waals surface area contributed by atoms with Crippen LogP contribution in [0, 0.1) is 0 Å². The number of carbonyl (C=O) groups is 2. The fourth-order valence-electron chi connectivity index (χ4n) is 1.16. The summed E-state index contributed by atoms with van der Waals surface area (Å²) < 4.78 is 1.50. The molecule has 0 atom stereocenters. The van der Waals surface area contributed by atoms with Crippen molar-refractivity contribution >= 4 is 23.5 Å². The number of hydrogen-bond donors (Lipinski definition) is 1. The van der Waals surface area contributed by atoms with Gasteiger partial charge in [0.05, 0.1) is 10.5 Å². The maximum absolute atomic E-state index is 11.2. The van der Waals surface area contributed by atoms with Crippen LogP contribution in [0.25, 0.3) is 0 Å². The Hall–Kier alpha value is -1.36. The smallest absolute Gasteiger partial charge is 0.370 e. The van der Waals surface area contributed by atoms with Gasteiger partial charge in [-0.2, -0.15) is 4.57 Å². The molecule has 4 nitrogen and oxygen atoms in total. The largest absolute Gasteiger partial charge is 0.477 e. The highest BCUT2D eigenvalue weighted by Gasteiger charge is 2.13. The number of carbonyl (C=O) groups excluding carboxylic acids is 1. The Morgan fingerprint density at radius 2 is 2.13 bits per heavy atom. The maximum atomic E-state index is 11.2. The summed E-state index contributed by atoms with van der Waals surface area (Å²) in [4.78, 5) is 22.6. The zero-order valence-corrected chi connectivity index (χ0v) is 9.37. The Bertz CT molecular complexity index is 404. The zero-order valence-electron chi connectivity index (χ0n) is 8.56. The Morgan fingerprint density at radius 1 is 1.47 bits per heavy atom. The molecule has 0 aliphatic heterocycles. The van der Waals surface area contributed by atoms with Crippen LogP contribution in [0.3, 0.4) is 0 Å². The van der Waals surface area contributed by atoms with Gasteiger partial charge in [0, 0.05) is 0 Å². The quantitative estimate of drug-likeness (QED) is 0.472. The third-order valence-electron chi connectivity index (χ3n) is 1.86. The lowest BCUT2D eigenvalue weighted by Gasteiger charge is -1.99. The van der Waals surface area contributed by atoms with Crippen LogP contribution in [0.15, 0.2) is 23.4 Å². The van der Waals surface area contributed by atoms with E-state index in [1.165, 1.54) is 23.3 Å². The summed E-state index contributed by atoms with van der Waals surface area (Å²) in [7, 11) is 0. The lowest BCUT2D eigenvalue weighted by Crippen LogP contribution is -2.38. The van der Waals surface area contributed by atoms with Gasteiger partial charge in [-0.1, -0.05) is 0 Å². The van der Waals surface area contributed by atoms with E-state index in [2.05, 4.69) is 0 Å². The SMILES string of the molecule is CSc1cc(C(C)=O)c[n+](CC(=O)O)c1. The molecule has 0 saturated carbocycles. The van der Waals surface area contributed by atoms with Gasteiger partial charge in [-0.15, -0.1) is 11.8 Å². The molecule has 15 heavy (non-hydrogen) atoms. The van der Waals surface area contributed by atoms with Crippen molar-refractivity contribution in [3.8, 4) is 0 Å². The molecule has 1 heterocycles. The summed E-state index contributed by atoms with van der Waals surface area (Å²) >= 11 is 1.48. The van der Waals surface area contributed by atoms with E-state index in [-0.39, 0.29) is 12.3 Å². The molecule has 0 aromatic carbocycles. The predicted octanol–water partition coefficient (Wildman–Crippen LogP) is 0.983. The van der Waals surface area contributed by atoms with Gasteiger partial charge in [0.1, 0.15) is 0 Å². The molecule has 0 spiro atoms. The Morgan fingerprint density at radius 3 is 2.60 bits per heavy atom. The van der Waals surface area contributed by atoms with Crippen molar-refractivity contribution < 1.29 is 19.3 Å². The Kier molecular flexibility index (Phi) is 3.85. The highest BCUT2D eigenvalue weighted by atomic mass is 32.2. The number of Topliss-reactive ketones (excluding diaryl/α,β-unsaturated/α-hetero) is 1. The van der Waals surface area contributed by atoms with E-state index in [4.69, 9.17) is 5.11 Å². The van der Waals surface area contributed by atoms with Crippen LogP contribution in [0.4, 0.5) is 0 Å². The molecular formula is C10H12NO3S+. The average molecular weight is 226 g/mol. The van der Waals surface area contributed by atoms with Gasteiger partial charge in [-0.05, 0) is 19.2 Å². The topological polar surface area (TPSA) is 58.2 Å². The second-order valence-electron chi connectivity index (χ2n) is 3.09. The van der Waals surface area contributed by atoms with E-state index < -0.39 is 5.97 Å². The summed E-state index contributed by atoms with van der Waals surface area (Å²) in [5.41, 5.74) is 0.531.